The Hall–Kier alpha value is -0.300. The summed E-state index contributed by atoms with van der Waals surface area (Å²) >= 11 is 3.92. The molecular formula is C16H25Br. The first-order valence-electron chi connectivity index (χ1n) is 6.81. The fourth-order valence-electron chi connectivity index (χ4n) is 2.41. The van der Waals surface area contributed by atoms with Crippen molar-refractivity contribution in [3.63, 3.8) is 0 Å². The Labute approximate surface area is 115 Å². The summed E-state index contributed by atoms with van der Waals surface area (Å²) in [5.74, 6) is 0.761. The summed E-state index contributed by atoms with van der Waals surface area (Å²) < 4.78 is 0. The number of aryl methyl sites for hydroxylation is 2. The Balaban J connectivity index is 2.81. The lowest BCUT2D eigenvalue weighted by molar-refractivity contribution is 0.445. The van der Waals surface area contributed by atoms with Crippen molar-refractivity contribution in [2.24, 2.45) is 5.92 Å². The van der Waals surface area contributed by atoms with Crippen LogP contribution < -0.4 is 0 Å². The van der Waals surface area contributed by atoms with Gasteiger partial charge in [0.25, 0.3) is 0 Å². The lowest BCUT2D eigenvalue weighted by Gasteiger charge is -2.23. The molecule has 96 valence electrons. The van der Waals surface area contributed by atoms with Gasteiger partial charge in [0.2, 0.25) is 0 Å². The zero-order valence-electron chi connectivity index (χ0n) is 11.6. The Kier molecular flexibility index (Phi) is 6.26. The van der Waals surface area contributed by atoms with E-state index in [4.69, 9.17) is 0 Å². The molecule has 0 N–H and O–H groups in total. The Morgan fingerprint density at radius 2 is 1.88 bits per heavy atom. The van der Waals surface area contributed by atoms with Crippen molar-refractivity contribution in [1.29, 1.82) is 0 Å². The highest BCUT2D eigenvalue weighted by atomic mass is 79.9. The molecule has 1 heteroatoms. The SMILES string of the molecule is CCCCC(CC)C(Br)c1ccc(C)cc1C. The van der Waals surface area contributed by atoms with Gasteiger partial charge in [-0.05, 0) is 37.3 Å². The standard InChI is InChI=1S/C16H25Br/c1-5-7-8-14(6-2)16(17)15-10-9-12(3)11-13(15)4/h9-11,14,16H,5-8H2,1-4H3. The van der Waals surface area contributed by atoms with Crippen molar-refractivity contribution >= 4 is 15.9 Å². The average Bonchev–Trinajstić information content (AvgIpc) is 2.29. The van der Waals surface area contributed by atoms with E-state index < -0.39 is 0 Å². The summed E-state index contributed by atoms with van der Waals surface area (Å²) in [6, 6.07) is 6.80. The number of halogens is 1. The summed E-state index contributed by atoms with van der Waals surface area (Å²) in [4.78, 5) is 0.514. The second-order valence-electron chi connectivity index (χ2n) is 5.07. The molecule has 1 rings (SSSR count). The number of unbranched alkanes of at least 4 members (excludes halogenated alkanes) is 1. The fraction of sp³-hybridized carbons (Fsp3) is 0.625. The summed E-state index contributed by atoms with van der Waals surface area (Å²) in [5, 5.41) is 0. The van der Waals surface area contributed by atoms with Gasteiger partial charge in [-0.25, -0.2) is 0 Å². The first kappa shape index (κ1) is 14.8. The van der Waals surface area contributed by atoms with Gasteiger partial charge >= 0.3 is 0 Å². The molecule has 1 aromatic carbocycles. The van der Waals surface area contributed by atoms with Crippen LogP contribution in [-0.4, -0.2) is 0 Å². The van der Waals surface area contributed by atoms with E-state index in [0.29, 0.717) is 4.83 Å². The van der Waals surface area contributed by atoms with E-state index in [-0.39, 0.29) is 0 Å². The number of alkyl halides is 1. The van der Waals surface area contributed by atoms with Crippen molar-refractivity contribution in [3.05, 3.63) is 34.9 Å². The van der Waals surface area contributed by atoms with Gasteiger partial charge in [-0.15, -0.1) is 0 Å². The van der Waals surface area contributed by atoms with Crippen LogP contribution in [0.3, 0.4) is 0 Å². The minimum atomic E-state index is 0.514. The van der Waals surface area contributed by atoms with Crippen LogP contribution in [0.25, 0.3) is 0 Å². The van der Waals surface area contributed by atoms with Crippen LogP contribution in [0, 0.1) is 19.8 Å². The maximum absolute atomic E-state index is 3.92. The van der Waals surface area contributed by atoms with Gasteiger partial charge in [0, 0.05) is 4.83 Å². The number of benzene rings is 1. The molecule has 0 aliphatic carbocycles. The average molecular weight is 297 g/mol. The van der Waals surface area contributed by atoms with Gasteiger partial charge in [-0.1, -0.05) is 72.8 Å². The zero-order valence-corrected chi connectivity index (χ0v) is 13.2. The molecule has 0 saturated heterocycles. The lowest BCUT2D eigenvalue weighted by Crippen LogP contribution is -2.08. The quantitative estimate of drug-likeness (QED) is 0.569. The zero-order chi connectivity index (χ0) is 12.8. The van der Waals surface area contributed by atoms with E-state index in [1.54, 1.807) is 0 Å². The van der Waals surface area contributed by atoms with Gasteiger partial charge in [0.15, 0.2) is 0 Å². The van der Waals surface area contributed by atoms with Crippen LogP contribution in [0.2, 0.25) is 0 Å². The summed E-state index contributed by atoms with van der Waals surface area (Å²) in [6.07, 6.45) is 5.22. The molecule has 0 aliphatic heterocycles. The first-order valence-corrected chi connectivity index (χ1v) is 7.72. The molecule has 0 fully saturated rings. The molecule has 0 amide bonds. The largest absolute Gasteiger partial charge is 0.0836 e. The molecule has 0 saturated carbocycles. The van der Waals surface area contributed by atoms with Gasteiger partial charge < -0.3 is 0 Å². The highest BCUT2D eigenvalue weighted by molar-refractivity contribution is 9.09. The van der Waals surface area contributed by atoms with E-state index in [9.17, 15) is 0 Å². The first-order chi connectivity index (χ1) is 8.10. The van der Waals surface area contributed by atoms with Crippen molar-refractivity contribution in [2.75, 3.05) is 0 Å². The molecule has 0 nitrogen and oxygen atoms in total. The van der Waals surface area contributed by atoms with E-state index >= 15 is 0 Å². The molecule has 1 aromatic rings. The van der Waals surface area contributed by atoms with Crippen LogP contribution in [0.5, 0.6) is 0 Å². The maximum atomic E-state index is 3.92. The third-order valence-electron chi connectivity index (χ3n) is 3.59. The molecular weight excluding hydrogens is 272 g/mol. The van der Waals surface area contributed by atoms with Gasteiger partial charge in [-0.2, -0.15) is 0 Å². The third-order valence-corrected chi connectivity index (χ3v) is 4.83. The van der Waals surface area contributed by atoms with Gasteiger partial charge in [-0.3, -0.25) is 0 Å². The fourth-order valence-corrected chi connectivity index (χ4v) is 3.56. The minimum Gasteiger partial charge on any atom is -0.0836 e. The molecule has 0 radical (unpaired) electrons. The highest BCUT2D eigenvalue weighted by Crippen LogP contribution is 2.37. The third kappa shape index (κ3) is 4.13. The van der Waals surface area contributed by atoms with Crippen molar-refractivity contribution in [1.82, 2.24) is 0 Å². The normalized spacial score (nSPS) is 14.6. The molecule has 17 heavy (non-hydrogen) atoms. The molecule has 2 atom stereocenters. The van der Waals surface area contributed by atoms with E-state index in [2.05, 4.69) is 61.8 Å². The molecule has 0 aliphatic rings. The minimum absolute atomic E-state index is 0.514. The second kappa shape index (κ2) is 7.20. The number of hydrogen-bond acceptors (Lipinski definition) is 0. The Morgan fingerprint density at radius 1 is 1.18 bits per heavy atom. The van der Waals surface area contributed by atoms with E-state index in [1.807, 2.05) is 0 Å². The molecule has 0 bridgehead atoms. The van der Waals surface area contributed by atoms with Crippen molar-refractivity contribution in [2.45, 2.75) is 58.2 Å². The van der Waals surface area contributed by atoms with Crippen LogP contribution in [0.1, 0.15) is 61.0 Å². The van der Waals surface area contributed by atoms with Gasteiger partial charge in [0.05, 0.1) is 0 Å². The lowest BCUT2D eigenvalue weighted by atomic mass is 9.89. The van der Waals surface area contributed by atoms with Gasteiger partial charge in [0.1, 0.15) is 0 Å². The molecule has 0 spiro atoms. The van der Waals surface area contributed by atoms with Crippen LogP contribution >= 0.6 is 15.9 Å². The Morgan fingerprint density at radius 3 is 2.41 bits per heavy atom. The van der Waals surface area contributed by atoms with Crippen molar-refractivity contribution in [3.8, 4) is 0 Å². The highest BCUT2D eigenvalue weighted by Gasteiger charge is 2.19. The van der Waals surface area contributed by atoms with E-state index in [1.165, 1.54) is 42.4 Å². The topological polar surface area (TPSA) is 0 Å². The van der Waals surface area contributed by atoms with Crippen LogP contribution in [-0.2, 0) is 0 Å². The number of hydrogen-bond donors (Lipinski definition) is 0. The smallest absolute Gasteiger partial charge is 0.0426 e. The summed E-state index contributed by atoms with van der Waals surface area (Å²) in [6.45, 7) is 8.96. The second-order valence-corrected chi connectivity index (χ2v) is 6.06. The molecule has 0 aromatic heterocycles. The maximum Gasteiger partial charge on any atom is 0.0426 e. The summed E-state index contributed by atoms with van der Waals surface area (Å²) in [7, 11) is 0. The van der Waals surface area contributed by atoms with E-state index in [0.717, 1.165) is 5.92 Å². The van der Waals surface area contributed by atoms with Crippen LogP contribution in [0.15, 0.2) is 18.2 Å². The van der Waals surface area contributed by atoms with Crippen LogP contribution in [0.4, 0.5) is 0 Å². The molecule has 2 unspecified atom stereocenters. The monoisotopic (exact) mass is 296 g/mol. The van der Waals surface area contributed by atoms with Crippen molar-refractivity contribution < 1.29 is 0 Å². The number of rotatable bonds is 6. The predicted molar refractivity (Wildman–Crippen MR) is 80.9 cm³/mol. The molecule has 0 heterocycles. The Bertz CT molecular complexity index is 343. The summed E-state index contributed by atoms with van der Waals surface area (Å²) in [5.41, 5.74) is 4.24. The predicted octanol–water partition coefficient (Wildman–Crippen LogP) is 5.96.